The van der Waals surface area contributed by atoms with Crippen molar-refractivity contribution in [3.8, 4) is 0 Å². The SMILES string of the molecule is CCC[O][Ti](=[O])[O]CCC. The van der Waals surface area contributed by atoms with E-state index in [0.717, 1.165) is 12.8 Å². The third kappa shape index (κ3) is 6.55. The third-order valence-corrected chi connectivity index (χ3v) is 2.22. The van der Waals surface area contributed by atoms with Crippen molar-refractivity contribution in [3.63, 3.8) is 0 Å². The van der Waals surface area contributed by atoms with Crippen molar-refractivity contribution < 1.29 is 28.6 Å². The fraction of sp³-hybridized carbons (Fsp3) is 1.00. The molecule has 0 amide bonds. The van der Waals surface area contributed by atoms with Crippen LogP contribution in [0.2, 0.25) is 0 Å². The second kappa shape index (κ2) is 7.54. The van der Waals surface area contributed by atoms with Crippen molar-refractivity contribution >= 4 is 0 Å². The van der Waals surface area contributed by atoms with Crippen LogP contribution >= 0.6 is 0 Å². The second-order valence-electron chi connectivity index (χ2n) is 1.95. The first-order chi connectivity index (χ1) is 4.81. The average Bonchev–Trinajstić information content (AvgIpc) is 1.97. The molecule has 0 aromatic carbocycles. The second-order valence-corrected chi connectivity index (χ2v) is 3.63. The molecular formula is C6H14O3Ti. The Morgan fingerprint density at radius 1 is 1.10 bits per heavy atom. The summed E-state index contributed by atoms with van der Waals surface area (Å²) in [6.07, 6.45) is 1.79. The first kappa shape index (κ1) is 10.4. The van der Waals surface area contributed by atoms with E-state index < -0.39 is 18.6 Å². The van der Waals surface area contributed by atoms with Gasteiger partial charge >= 0.3 is 68.5 Å². The first-order valence-electron chi connectivity index (χ1n) is 3.60. The van der Waals surface area contributed by atoms with Crippen LogP contribution in [0.25, 0.3) is 0 Å². The summed E-state index contributed by atoms with van der Waals surface area (Å²) in [5.74, 6) is 0. The number of rotatable bonds is 6. The van der Waals surface area contributed by atoms with E-state index >= 15 is 0 Å². The third-order valence-electron chi connectivity index (χ3n) is 0.848. The molecule has 10 heavy (non-hydrogen) atoms. The summed E-state index contributed by atoms with van der Waals surface area (Å²) in [4.78, 5) is 0. The minimum absolute atomic E-state index is 0.558. The number of hydrogen-bond donors (Lipinski definition) is 0. The monoisotopic (exact) mass is 182 g/mol. The molecular weight excluding hydrogens is 168 g/mol. The van der Waals surface area contributed by atoms with Crippen molar-refractivity contribution in [1.29, 1.82) is 0 Å². The van der Waals surface area contributed by atoms with Gasteiger partial charge in [-0.3, -0.25) is 0 Å². The van der Waals surface area contributed by atoms with Gasteiger partial charge in [0.05, 0.1) is 0 Å². The summed E-state index contributed by atoms with van der Waals surface area (Å²) in [5.41, 5.74) is 0. The Morgan fingerprint density at radius 3 is 1.80 bits per heavy atom. The normalized spacial score (nSPS) is 9.80. The standard InChI is InChI=1S/2C3H7O.O.Ti/c2*1-2-3-4;;/h2*2-3H2,1H3;;/q2*-1;;+2. The Morgan fingerprint density at radius 2 is 1.50 bits per heavy atom. The molecule has 0 heterocycles. The Hall–Kier alpha value is 0.434. The van der Waals surface area contributed by atoms with Crippen LogP contribution in [0.4, 0.5) is 0 Å². The van der Waals surface area contributed by atoms with Crippen molar-refractivity contribution in [2.45, 2.75) is 26.7 Å². The zero-order valence-corrected chi connectivity index (χ0v) is 8.11. The topological polar surface area (TPSA) is 35.5 Å². The molecule has 0 N–H and O–H groups in total. The van der Waals surface area contributed by atoms with Gasteiger partial charge in [0.25, 0.3) is 0 Å². The summed E-state index contributed by atoms with van der Waals surface area (Å²) in [6.45, 7) is 5.07. The van der Waals surface area contributed by atoms with E-state index in [2.05, 4.69) is 0 Å². The molecule has 0 spiro atoms. The molecule has 0 unspecified atom stereocenters. The van der Waals surface area contributed by atoms with E-state index in [1.54, 1.807) is 0 Å². The van der Waals surface area contributed by atoms with Crippen LogP contribution < -0.4 is 0 Å². The maximum atomic E-state index is 10.8. The van der Waals surface area contributed by atoms with Crippen molar-refractivity contribution in [2.75, 3.05) is 13.2 Å². The Kier molecular flexibility index (Phi) is 7.87. The van der Waals surface area contributed by atoms with Crippen molar-refractivity contribution in [2.24, 2.45) is 0 Å². The van der Waals surface area contributed by atoms with E-state index in [1.807, 2.05) is 13.8 Å². The van der Waals surface area contributed by atoms with Crippen LogP contribution in [0.1, 0.15) is 26.7 Å². The van der Waals surface area contributed by atoms with Crippen LogP contribution in [0.15, 0.2) is 0 Å². The van der Waals surface area contributed by atoms with Crippen LogP contribution in [-0.2, 0) is 28.6 Å². The summed E-state index contributed by atoms with van der Waals surface area (Å²) >= 11 is -2.73. The first-order valence-corrected chi connectivity index (χ1v) is 5.52. The van der Waals surface area contributed by atoms with E-state index in [0.29, 0.717) is 13.2 Å². The van der Waals surface area contributed by atoms with Crippen molar-refractivity contribution in [1.82, 2.24) is 0 Å². The molecule has 0 aliphatic rings. The van der Waals surface area contributed by atoms with Gasteiger partial charge in [-0.2, -0.15) is 0 Å². The van der Waals surface area contributed by atoms with Gasteiger partial charge in [-0.1, -0.05) is 0 Å². The van der Waals surface area contributed by atoms with Gasteiger partial charge in [-0.05, 0) is 0 Å². The zero-order chi connectivity index (χ0) is 7.82. The molecule has 0 aliphatic heterocycles. The molecule has 0 saturated carbocycles. The molecule has 0 saturated heterocycles. The van der Waals surface area contributed by atoms with Crippen LogP contribution in [-0.4, -0.2) is 13.2 Å². The van der Waals surface area contributed by atoms with E-state index in [4.69, 9.17) is 6.64 Å². The van der Waals surface area contributed by atoms with Gasteiger partial charge < -0.3 is 0 Å². The molecule has 3 nitrogen and oxygen atoms in total. The van der Waals surface area contributed by atoms with E-state index in [9.17, 15) is 3.32 Å². The summed E-state index contributed by atoms with van der Waals surface area (Å²) in [6, 6.07) is 0. The van der Waals surface area contributed by atoms with Crippen LogP contribution in [0, 0.1) is 0 Å². The van der Waals surface area contributed by atoms with Gasteiger partial charge in [0, 0.05) is 0 Å². The average molecular weight is 182 g/mol. The summed E-state index contributed by atoms with van der Waals surface area (Å²) in [5, 5.41) is 0. The molecule has 0 radical (unpaired) electrons. The molecule has 0 fully saturated rings. The Bertz CT molecular complexity index is 85.0. The van der Waals surface area contributed by atoms with Gasteiger partial charge in [-0.15, -0.1) is 0 Å². The molecule has 0 aromatic rings. The predicted octanol–water partition coefficient (Wildman–Crippen LogP) is 1.63. The molecule has 0 atom stereocenters. The maximum absolute atomic E-state index is 10.8. The molecule has 0 bridgehead atoms. The Labute approximate surface area is 68.8 Å². The van der Waals surface area contributed by atoms with Gasteiger partial charge in [-0.25, -0.2) is 0 Å². The van der Waals surface area contributed by atoms with Gasteiger partial charge in [0.1, 0.15) is 0 Å². The van der Waals surface area contributed by atoms with Gasteiger partial charge in [0.15, 0.2) is 0 Å². The minimum atomic E-state index is -2.73. The fourth-order valence-electron chi connectivity index (χ4n) is 0.412. The van der Waals surface area contributed by atoms with Crippen LogP contribution in [0.5, 0.6) is 0 Å². The van der Waals surface area contributed by atoms with Crippen LogP contribution in [0.3, 0.4) is 0 Å². The summed E-state index contributed by atoms with van der Waals surface area (Å²) in [7, 11) is 0. The van der Waals surface area contributed by atoms with Gasteiger partial charge in [0.2, 0.25) is 0 Å². The molecule has 0 aliphatic carbocycles. The molecule has 4 heteroatoms. The van der Waals surface area contributed by atoms with E-state index in [1.165, 1.54) is 0 Å². The molecule has 0 rings (SSSR count). The molecule has 60 valence electrons. The molecule has 0 aromatic heterocycles. The van der Waals surface area contributed by atoms with E-state index in [-0.39, 0.29) is 0 Å². The zero-order valence-electron chi connectivity index (χ0n) is 6.55. The quantitative estimate of drug-likeness (QED) is 0.585. The Balaban J connectivity index is 3.09. The predicted molar refractivity (Wildman–Crippen MR) is 33.2 cm³/mol. The fourth-order valence-corrected chi connectivity index (χ4v) is 1.70. The number of hydrogen-bond acceptors (Lipinski definition) is 3. The van der Waals surface area contributed by atoms with Crippen molar-refractivity contribution in [3.05, 3.63) is 0 Å². The summed E-state index contributed by atoms with van der Waals surface area (Å²) < 4.78 is 20.5.